The Hall–Kier alpha value is -1.92. The van der Waals surface area contributed by atoms with Gasteiger partial charge in [0, 0.05) is 35.5 Å². The van der Waals surface area contributed by atoms with Crippen molar-refractivity contribution in [1.29, 1.82) is 0 Å². The van der Waals surface area contributed by atoms with Crippen LogP contribution in [0.3, 0.4) is 0 Å². The third kappa shape index (κ3) is 2.55. The predicted molar refractivity (Wildman–Crippen MR) is 100.0 cm³/mol. The zero-order valence-electron chi connectivity index (χ0n) is 14.0. The maximum absolute atomic E-state index is 13.3. The van der Waals surface area contributed by atoms with Gasteiger partial charge in [0.05, 0.1) is 12.2 Å². The average Bonchev–Trinajstić information content (AvgIpc) is 3.05. The number of nitrogens with zero attached hydrogens (tertiary/aromatic N) is 3. The van der Waals surface area contributed by atoms with E-state index < -0.39 is 0 Å². The Bertz CT molecular complexity index is 911. The maximum atomic E-state index is 13.3. The van der Waals surface area contributed by atoms with Crippen LogP contribution in [0, 0.1) is 5.92 Å². The lowest BCUT2D eigenvalue weighted by Crippen LogP contribution is -2.40. The van der Waals surface area contributed by atoms with E-state index >= 15 is 0 Å². The second-order valence-corrected chi connectivity index (χ2v) is 8.87. The zero-order valence-corrected chi connectivity index (χ0v) is 15.6. The highest BCUT2D eigenvalue weighted by Crippen LogP contribution is 2.50. The Morgan fingerprint density at radius 3 is 2.96 bits per heavy atom. The van der Waals surface area contributed by atoms with Gasteiger partial charge in [-0.15, -0.1) is 22.7 Å². The highest BCUT2D eigenvalue weighted by atomic mass is 32.1. The smallest absolute Gasteiger partial charge is 0.227 e. The molecule has 0 saturated heterocycles. The lowest BCUT2D eigenvalue weighted by Gasteiger charge is -2.35. The Labute approximate surface area is 154 Å². The van der Waals surface area contributed by atoms with Crippen LogP contribution in [0.25, 0.3) is 0 Å². The summed E-state index contributed by atoms with van der Waals surface area (Å²) < 4.78 is 1.82. The summed E-state index contributed by atoms with van der Waals surface area (Å²) in [5.41, 5.74) is 2.52. The van der Waals surface area contributed by atoms with Crippen molar-refractivity contribution in [1.82, 2.24) is 14.7 Å². The summed E-state index contributed by atoms with van der Waals surface area (Å²) in [6, 6.07) is 6.54. The molecule has 3 atom stereocenters. The molecule has 2 aliphatic rings. The first-order chi connectivity index (χ1) is 12.2. The van der Waals surface area contributed by atoms with Gasteiger partial charge in [-0.2, -0.15) is 5.10 Å². The first-order valence-electron chi connectivity index (χ1n) is 8.61. The van der Waals surface area contributed by atoms with E-state index in [1.54, 1.807) is 11.3 Å². The van der Waals surface area contributed by atoms with Crippen LogP contribution in [0.1, 0.15) is 39.3 Å². The van der Waals surface area contributed by atoms with E-state index in [0.717, 1.165) is 19.4 Å². The molecule has 6 heteroatoms. The Morgan fingerprint density at radius 1 is 1.28 bits per heavy atom. The summed E-state index contributed by atoms with van der Waals surface area (Å²) in [5.74, 6) is 0.769. The summed E-state index contributed by atoms with van der Waals surface area (Å²) in [7, 11) is 1.93. The van der Waals surface area contributed by atoms with Crippen LogP contribution in [-0.2, 0) is 18.3 Å². The molecule has 128 valence electrons. The normalized spacial score (nSPS) is 25.0. The van der Waals surface area contributed by atoms with Gasteiger partial charge in [-0.25, -0.2) is 0 Å². The minimum absolute atomic E-state index is 0.0950. The summed E-state index contributed by atoms with van der Waals surface area (Å²) in [6.45, 7) is 0.825. The van der Waals surface area contributed by atoms with E-state index in [-0.39, 0.29) is 12.0 Å². The molecule has 1 saturated carbocycles. The van der Waals surface area contributed by atoms with Crippen LogP contribution < -0.4 is 0 Å². The number of fused-ring (bicyclic) bond motifs is 1. The first-order valence-corrected chi connectivity index (χ1v) is 10.4. The lowest BCUT2D eigenvalue weighted by molar-refractivity contribution is -0.134. The van der Waals surface area contributed by atoms with Gasteiger partial charge in [0.1, 0.15) is 0 Å². The van der Waals surface area contributed by atoms with E-state index in [0.29, 0.717) is 11.8 Å². The minimum atomic E-state index is 0.0950. The van der Waals surface area contributed by atoms with Crippen molar-refractivity contribution in [3.63, 3.8) is 0 Å². The molecule has 4 nitrogen and oxygen atoms in total. The second kappa shape index (κ2) is 5.81. The van der Waals surface area contributed by atoms with Crippen molar-refractivity contribution in [3.8, 4) is 0 Å². The van der Waals surface area contributed by atoms with Crippen molar-refractivity contribution in [2.24, 2.45) is 13.0 Å². The largest absolute Gasteiger partial charge is 0.330 e. The molecule has 0 radical (unpaired) electrons. The summed E-state index contributed by atoms with van der Waals surface area (Å²) in [4.78, 5) is 18.1. The number of carbonyl (C=O) groups is 1. The van der Waals surface area contributed by atoms with Gasteiger partial charge in [-0.05, 0) is 52.8 Å². The van der Waals surface area contributed by atoms with E-state index in [2.05, 4.69) is 39.0 Å². The van der Waals surface area contributed by atoms with E-state index in [1.807, 2.05) is 35.5 Å². The average molecular weight is 370 g/mol. The quantitative estimate of drug-likeness (QED) is 0.704. The highest BCUT2D eigenvalue weighted by Gasteiger charge is 2.48. The fourth-order valence-electron chi connectivity index (χ4n) is 3.99. The fraction of sp³-hybridized carbons (Fsp3) is 0.368. The van der Waals surface area contributed by atoms with Crippen LogP contribution in [0.4, 0.5) is 0 Å². The SMILES string of the molecule is Cn1cc([C@@H]2C[C@@H]2C(=O)N2CCc3sccc3[C@@H]2c2cccs2)cn1. The fourth-order valence-corrected chi connectivity index (χ4v) is 5.75. The first kappa shape index (κ1) is 15.3. The number of hydrogen-bond acceptors (Lipinski definition) is 4. The van der Waals surface area contributed by atoms with Gasteiger partial charge in [0.25, 0.3) is 0 Å². The number of aromatic nitrogens is 2. The van der Waals surface area contributed by atoms with Crippen LogP contribution in [0.2, 0.25) is 0 Å². The number of aryl methyl sites for hydroxylation is 1. The van der Waals surface area contributed by atoms with Gasteiger partial charge in [0.15, 0.2) is 0 Å². The van der Waals surface area contributed by atoms with Gasteiger partial charge in [-0.1, -0.05) is 6.07 Å². The molecule has 3 aromatic heterocycles. The molecular formula is C19H19N3OS2. The van der Waals surface area contributed by atoms with Crippen LogP contribution in [0.5, 0.6) is 0 Å². The number of thiophene rings is 2. The molecule has 25 heavy (non-hydrogen) atoms. The molecule has 0 N–H and O–H groups in total. The summed E-state index contributed by atoms with van der Waals surface area (Å²) in [5, 5.41) is 8.52. The van der Waals surface area contributed by atoms with Crippen molar-refractivity contribution in [3.05, 3.63) is 62.2 Å². The molecular weight excluding hydrogens is 350 g/mol. The van der Waals surface area contributed by atoms with Gasteiger partial charge < -0.3 is 4.90 Å². The molecule has 1 fully saturated rings. The number of amides is 1. The maximum Gasteiger partial charge on any atom is 0.227 e. The molecule has 1 amide bonds. The molecule has 0 unspecified atom stereocenters. The molecule has 0 spiro atoms. The van der Waals surface area contributed by atoms with Crippen LogP contribution in [-0.4, -0.2) is 27.1 Å². The number of carbonyl (C=O) groups excluding carboxylic acids is 1. The van der Waals surface area contributed by atoms with E-state index in [1.165, 1.54) is 20.9 Å². The van der Waals surface area contributed by atoms with Crippen molar-refractivity contribution < 1.29 is 4.79 Å². The zero-order chi connectivity index (χ0) is 17.0. The molecule has 4 heterocycles. The summed E-state index contributed by atoms with van der Waals surface area (Å²) in [6.07, 6.45) is 5.88. The number of rotatable bonds is 3. The molecule has 3 aromatic rings. The lowest BCUT2D eigenvalue weighted by atomic mass is 9.97. The Balaban J connectivity index is 1.44. The van der Waals surface area contributed by atoms with Crippen molar-refractivity contribution >= 4 is 28.6 Å². The minimum Gasteiger partial charge on any atom is -0.330 e. The second-order valence-electron chi connectivity index (χ2n) is 6.89. The predicted octanol–water partition coefficient (Wildman–Crippen LogP) is 3.82. The monoisotopic (exact) mass is 369 g/mol. The summed E-state index contributed by atoms with van der Waals surface area (Å²) >= 11 is 3.57. The Morgan fingerprint density at radius 2 is 2.20 bits per heavy atom. The van der Waals surface area contributed by atoms with Gasteiger partial charge in [-0.3, -0.25) is 9.48 Å². The molecule has 1 aliphatic carbocycles. The van der Waals surface area contributed by atoms with Gasteiger partial charge in [0.2, 0.25) is 5.91 Å². The van der Waals surface area contributed by atoms with Gasteiger partial charge >= 0.3 is 0 Å². The topological polar surface area (TPSA) is 38.1 Å². The molecule has 5 rings (SSSR count). The van der Waals surface area contributed by atoms with E-state index in [4.69, 9.17) is 0 Å². The highest BCUT2D eigenvalue weighted by molar-refractivity contribution is 7.10. The third-order valence-electron chi connectivity index (χ3n) is 5.32. The third-order valence-corrected chi connectivity index (χ3v) is 7.24. The van der Waals surface area contributed by atoms with Crippen molar-refractivity contribution in [2.75, 3.05) is 6.54 Å². The van der Waals surface area contributed by atoms with E-state index in [9.17, 15) is 4.79 Å². The standard InChI is InChI=1S/C19H19N3OS2/c1-21-11-12(10-20-21)14-9-15(14)19(23)22-6-4-16-13(5-8-25-16)18(22)17-3-2-7-24-17/h2-3,5,7-8,10-11,14-15,18H,4,6,9H2,1H3/t14-,15-,18+/m0/s1. The molecule has 0 bridgehead atoms. The number of hydrogen-bond donors (Lipinski definition) is 0. The molecule has 1 aliphatic heterocycles. The van der Waals surface area contributed by atoms with Crippen LogP contribution in [0.15, 0.2) is 41.4 Å². The van der Waals surface area contributed by atoms with Crippen LogP contribution >= 0.6 is 22.7 Å². The Kier molecular flexibility index (Phi) is 3.57. The molecule has 0 aromatic carbocycles. The van der Waals surface area contributed by atoms with Crippen molar-refractivity contribution in [2.45, 2.75) is 24.8 Å².